The molecule has 6 rings (SSSR count). The maximum Gasteiger partial charge on any atom is 0.309 e. The normalized spacial score (nSPS) is 26.7. The monoisotopic (exact) mass is 567 g/mol. The van der Waals surface area contributed by atoms with E-state index in [1.807, 2.05) is 6.92 Å². The number of piperidine rings is 1. The largest absolute Gasteiger partial charge is 0.481 e. The van der Waals surface area contributed by atoms with Crippen LogP contribution in [0.5, 0.6) is 0 Å². The van der Waals surface area contributed by atoms with Gasteiger partial charge in [-0.1, -0.05) is 30.7 Å². The summed E-state index contributed by atoms with van der Waals surface area (Å²) < 4.78 is 1.07. The van der Waals surface area contributed by atoms with Crippen LogP contribution in [0.2, 0.25) is 5.02 Å². The molecule has 0 spiro atoms. The van der Waals surface area contributed by atoms with Crippen molar-refractivity contribution in [1.29, 1.82) is 0 Å². The average molecular weight is 568 g/mol. The van der Waals surface area contributed by atoms with E-state index in [9.17, 15) is 9.90 Å². The van der Waals surface area contributed by atoms with Crippen LogP contribution in [0.25, 0.3) is 10.2 Å². The van der Waals surface area contributed by atoms with Gasteiger partial charge in [0.1, 0.15) is 5.82 Å². The predicted molar refractivity (Wildman–Crippen MR) is 159 cm³/mol. The number of nitrogens with zero attached hydrogens (tertiary/aromatic N) is 4. The number of hydrogen-bond acceptors (Lipinski definition) is 7. The Hall–Kier alpha value is -2.42. The molecule has 9 heteroatoms. The number of anilines is 2. The summed E-state index contributed by atoms with van der Waals surface area (Å²) in [7, 11) is 0. The van der Waals surface area contributed by atoms with Crippen LogP contribution in [0, 0.1) is 17.3 Å². The minimum absolute atomic E-state index is 0.0170. The van der Waals surface area contributed by atoms with Gasteiger partial charge >= 0.3 is 5.97 Å². The zero-order valence-electron chi connectivity index (χ0n) is 23.0. The van der Waals surface area contributed by atoms with Crippen molar-refractivity contribution in [3.8, 4) is 0 Å². The zero-order chi connectivity index (χ0) is 27.3. The minimum Gasteiger partial charge on any atom is -0.481 e. The number of aromatic nitrogens is 2. The van der Waals surface area contributed by atoms with Crippen molar-refractivity contribution in [1.82, 2.24) is 14.9 Å². The molecule has 0 unspecified atom stereocenters. The van der Waals surface area contributed by atoms with Crippen molar-refractivity contribution in [3.63, 3.8) is 0 Å². The Kier molecular flexibility index (Phi) is 7.23. The Morgan fingerprint density at radius 2 is 2.03 bits per heavy atom. The van der Waals surface area contributed by atoms with E-state index in [4.69, 9.17) is 21.6 Å². The molecule has 0 amide bonds. The SMILES string of the molecule is CCc1ccc([C@@H](C)Nc2nc(N3CC([C@H]4CCCN(C5CC(C)(C(=O)O)C5)C4)C3)nc3ccsc23)c(Cl)c1. The highest BCUT2D eigenvalue weighted by Gasteiger charge is 2.49. The summed E-state index contributed by atoms with van der Waals surface area (Å²) in [5, 5.41) is 16.0. The van der Waals surface area contributed by atoms with Crippen LogP contribution in [0.3, 0.4) is 0 Å². The molecule has 7 nitrogen and oxygen atoms in total. The molecule has 3 aliphatic rings. The van der Waals surface area contributed by atoms with Gasteiger partial charge in [0.2, 0.25) is 5.95 Å². The molecule has 1 aromatic carbocycles. The molecule has 0 bridgehead atoms. The summed E-state index contributed by atoms with van der Waals surface area (Å²) >= 11 is 8.29. The summed E-state index contributed by atoms with van der Waals surface area (Å²) in [5.74, 6) is 2.30. The molecule has 2 aromatic heterocycles. The van der Waals surface area contributed by atoms with E-state index in [-0.39, 0.29) is 6.04 Å². The van der Waals surface area contributed by atoms with Gasteiger partial charge in [-0.2, -0.15) is 4.98 Å². The van der Waals surface area contributed by atoms with E-state index in [0.717, 1.165) is 78.0 Å². The Morgan fingerprint density at radius 1 is 1.23 bits per heavy atom. The highest BCUT2D eigenvalue weighted by molar-refractivity contribution is 7.17. The van der Waals surface area contributed by atoms with Crippen LogP contribution in [0.1, 0.15) is 63.6 Å². The lowest BCUT2D eigenvalue weighted by molar-refractivity contribution is -0.158. The lowest BCUT2D eigenvalue weighted by Gasteiger charge is -2.52. The van der Waals surface area contributed by atoms with Crippen molar-refractivity contribution in [2.45, 2.75) is 65.0 Å². The van der Waals surface area contributed by atoms with E-state index >= 15 is 0 Å². The number of nitrogens with one attached hydrogen (secondary N) is 1. The van der Waals surface area contributed by atoms with Crippen LogP contribution in [-0.4, -0.2) is 58.2 Å². The number of likely N-dealkylation sites (tertiary alicyclic amines) is 1. The van der Waals surface area contributed by atoms with Gasteiger partial charge in [-0.05, 0) is 93.0 Å². The lowest BCUT2D eigenvalue weighted by atomic mass is 9.65. The second-order valence-electron chi connectivity index (χ2n) is 12.1. The Labute approximate surface area is 239 Å². The fourth-order valence-electron chi connectivity index (χ4n) is 6.66. The molecule has 0 radical (unpaired) electrons. The molecule has 4 heterocycles. The fraction of sp³-hybridized carbons (Fsp3) is 0.567. The number of carboxylic acid groups (broad SMARTS) is 1. The molecule has 3 aromatic rings. The average Bonchev–Trinajstić information content (AvgIpc) is 3.35. The first-order valence-corrected chi connectivity index (χ1v) is 15.5. The zero-order valence-corrected chi connectivity index (χ0v) is 24.6. The van der Waals surface area contributed by atoms with Gasteiger partial charge in [-0.25, -0.2) is 4.98 Å². The smallest absolute Gasteiger partial charge is 0.309 e. The first-order chi connectivity index (χ1) is 18.7. The molecule has 2 saturated heterocycles. The van der Waals surface area contributed by atoms with Crippen LogP contribution in [0.15, 0.2) is 29.6 Å². The maximum absolute atomic E-state index is 11.5. The second-order valence-corrected chi connectivity index (χ2v) is 13.4. The molecule has 1 saturated carbocycles. The summed E-state index contributed by atoms with van der Waals surface area (Å²) in [6, 6.07) is 8.84. The first kappa shape index (κ1) is 26.8. The van der Waals surface area contributed by atoms with Crippen molar-refractivity contribution in [3.05, 3.63) is 45.8 Å². The van der Waals surface area contributed by atoms with Gasteiger partial charge < -0.3 is 20.2 Å². The Morgan fingerprint density at radius 3 is 2.74 bits per heavy atom. The van der Waals surface area contributed by atoms with Gasteiger partial charge in [0.25, 0.3) is 0 Å². The van der Waals surface area contributed by atoms with Gasteiger partial charge in [-0.3, -0.25) is 4.79 Å². The number of fused-ring (bicyclic) bond motifs is 1. The number of benzene rings is 1. The van der Waals surface area contributed by atoms with Crippen LogP contribution in [0.4, 0.5) is 11.8 Å². The highest BCUT2D eigenvalue weighted by Crippen LogP contribution is 2.45. The third-order valence-corrected chi connectivity index (χ3v) is 10.6. The van der Waals surface area contributed by atoms with Crippen LogP contribution < -0.4 is 10.2 Å². The molecular weight excluding hydrogens is 530 g/mol. The van der Waals surface area contributed by atoms with E-state index < -0.39 is 11.4 Å². The fourth-order valence-corrected chi connectivity index (χ4v) is 7.81. The van der Waals surface area contributed by atoms with Crippen LogP contribution in [-0.2, 0) is 11.2 Å². The molecule has 3 fully saturated rings. The summed E-state index contributed by atoms with van der Waals surface area (Å²) in [5.41, 5.74) is 2.75. The number of carboxylic acids is 1. The third kappa shape index (κ3) is 5.11. The molecule has 208 valence electrons. The number of aliphatic carboxylic acids is 1. The lowest BCUT2D eigenvalue weighted by Crippen LogP contribution is -2.58. The number of halogens is 1. The van der Waals surface area contributed by atoms with Gasteiger partial charge in [-0.15, -0.1) is 11.3 Å². The maximum atomic E-state index is 11.5. The molecule has 2 aliphatic heterocycles. The molecule has 39 heavy (non-hydrogen) atoms. The molecule has 1 aliphatic carbocycles. The standard InChI is InChI=1S/C30H38ClN5O2S/c1-4-19-7-8-23(24(31)12-19)18(2)32-27-26-25(9-11-39-26)33-29(34-27)36-16-21(17-36)20-6-5-10-35(15-20)22-13-30(3,14-22)28(37)38/h7-9,11-12,18,20-22H,4-6,10,13-17H2,1-3H3,(H,37,38)(H,32,33,34)/t18-,20+,22?,30?/m1/s1. The number of thiophene rings is 1. The number of carbonyl (C=O) groups is 1. The van der Waals surface area contributed by atoms with E-state index in [0.29, 0.717) is 17.9 Å². The molecule has 2 N–H and O–H groups in total. The minimum atomic E-state index is -0.648. The van der Waals surface area contributed by atoms with Gasteiger partial charge in [0, 0.05) is 30.7 Å². The first-order valence-electron chi connectivity index (χ1n) is 14.3. The van der Waals surface area contributed by atoms with E-state index in [1.165, 1.54) is 18.4 Å². The number of aryl methyl sites for hydroxylation is 1. The van der Waals surface area contributed by atoms with E-state index in [2.05, 4.69) is 58.6 Å². The van der Waals surface area contributed by atoms with Crippen LogP contribution >= 0.6 is 22.9 Å². The second kappa shape index (κ2) is 10.5. The summed E-state index contributed by atoms with van der Waals surface area (Å²) in [6.07, 6.45) is 4.98. The van der Waals surface area contributed by atoms with E-state index in [1.54, 1.807) is 11.3 Å². The van der Waals surface area contributed by atoms with Crippen molar-refractivity contribution in [2.24, 2.45) is 17.3 Å². The predicted octanol–water partition coefficient (Wildman–Crippen LogP) is 6.48. The number of hydrogen-bond donors (Lipinski definition) is 2. The van der Waals surface area contributed by atoms with Gasteiger partial charge in [0.15, 0.2) is 0 Å². The number of rotatable bonds is 8. The molecule has 2 atom stereocenters. The topological polar surface area (TPSA) is 81.6 Å². The van der Waals surface area contributed by atoms with Crippen molar-refractivity contribution >= 4 is 50.9 Å². The van der Waals surface area contributed by atoms with Crippen molar-refractivity contribution in [2.75, 3.05) is 36.4 Å². The highest BCUT2D eigenvalue weighted by atomic mass is 35.5. The van der Waals surface area contributed by atoms with Crippen molar-refractivity contribution < 1.29 is 9.90 Å². The quantitative estimate of drug-likeness (QED) is 0.322. The third-order valence-electron chi connectivity index (χ3n) is 9.34. The Bertz CT molecular complexity index is 1370. The summed E-state index contributed by atoms with van der Waals surface area (Å²) in [4.78, 5) is 26.3. The Balaban J connectivity index is 1.11. The summed E-state index contributed by atoms with van der Waals surface area (Å²) in [6.45, 7) is 10.3. The van der Waals surface area contributed by atoms with Gasteiger partial charge in [0.05, 0.1) is 21.7 Å². The molecular formula is C30H38ClN5O2S.